The fraction of sp³-hybridized carbons (Fsp3) is 0.435. The van der Waals surface area contributed by atoms with Crippen LogP contribution in [0.4, 0.5) is 5.69 Å². The summed E-state index contributed by atoms with van der Waals surface area (Å²) in [5, 5.41) is 6.94. The van der Waals surface area contributed by atoms with Crippen LogP contribution in [0.25, 0.3) is 0 Å². The first kappa shape index (κ1) is 22.4. The van der Waals surface area contributed by atoms with Crippen molar-refractivity contribution >= 4 is 23.2 Å². The monoisotopic (exact) mass is 397 g/mol. The van der Waals surface area contributed by atoms with E-state index in [9.17, 15) is 9.59 Å². The lowest BCUT2D eigenvalue weighted by atomic mass is 10.1. The average Bonchev–Trinajstić information content (AvgIpc) is 3.27. The van der Waals surface area contributed by atoms with Crippen molar-refractivity contribution in [3.8, 4) is 0 Å². The number of anilines is 1. The van der Waals surface area contributed by atoms with E-state index in [1.807, 2.05) is 19.1 Å². The number of unbranched alkanes of at least 4 members (excludes halogenated alkanes) is 6. The van der Waals surface area contributed by atoms with Crippen LogP contribution >= 0.6 is 0 Å². The van der Waals surface area contributed by atoms with E-state index in [1.165, 1.54) is 38.4 Å². The van der Waals surface area contributed by atoms with E-state index in [4.69, 9.17) is 4.42 Å². The summed E-state index contributed by atoms with van der Waals surface area (Å²) in [6.45, 7) is 4.05. The van der Waals surface area contributed by atoms with Gasteiger partial charge in [0.05, 0.1) is 12.0 Å². The number of carbonyl (C=O) groups excluding carboxylic acids is 2. The molecule has 6 heteroatoms. The molecule has 2 N–H and O–H groups in total. The van der Waals surface area contributed by atoms with Gasteiger partial charge >= 0.3 is 0 Å². The molecular formula is C23H31N3O3. The third kappa shape index (κ3) is 8.34. The summed E-state index contributed by atoms with van der Waals surface area (Å²) in [5.74, 6) is -0.0958. The molecule has 0 radical (unpaired) electrons. The Hall–Kier alpha value is -2.89. The molecule has 0 saturated carbocycles. The van der Waals surface area contributed by atoms with Gasteiger partial charge in [-0.15, -0.1) is 0 Å². The zero-order valence-electron chi connectivity index (χ0n) is 17.4. The van der Waals surface area contributed by atoms with Crippen molar-refractivity contribution in [3.05, 3.63) is 54.0 Å². The second-order valence-electron chi connectivity index (χ2n) is 7.11. The van der Waals surface area contributed by atoms with Crippen molar-refractivity contribution in [2.75, 3.05) is 5.32 Å². The summed E-state index contributed by atoms with van der Waals surface area (Å²) in [4.78, 5) is 23.9. The van der Waals surface area contributed by atoms with E-state index in [0.717, 1.165) is 18.4 Å². The van der Waals surface area contributed by atoms with Gasteiger partial charge in [-0.2, -0.15) is 5.10 Å². The van der Waals surface area contributed by atoms with Gasteiger partial charge in [0.25, 0.3) is 5.91 Å². The van der Waals surface area contributed by atoms with E-state index in [-0.39, 0.29) is 17.6 Å². The molecule has 0 unspecified atom stereocenters. The van der Waals surface area contributed by atoms with Crippen LogP contribution < -0.4 is 10.7 Å². The van der Waals surface area contributed by atoms with Crippen LogP contribution in [-0.4, -0.2) is 17.5 Å². The lowest BCUT2D eigenvalue weighted by Gasteiger charge is -2.06. The van der Waals surface area contributed by atoms with Gasteiger partial charge in [0.1, 0.15) is 0 Å². The highest BCUT2D eigenvalue weighted by molar-refractivity contribution is 6.03. The molecule has 2 amide bonds. The molecule has 156 valence electrons. The molecular weight excluding hydrogens is 366 g/mol. The molecule has 0 aliphatic carbocycles. The zero-order valence-corrected chi connectivity index (χ0v) is 17.4. The van der Waals surface area contributed by atoms with Gasteiger partial charge in [0, 0.05) is 12.1 Å². The van der Waals surface area contributed by atoms with E-state index < -0.39 is 0 Å². The molecule has 0 aliphatic rings. The Balaban J connectivity index is 1.72. The van der Waals surface area contributed by atoms with Gasteiger partial charge in [-0.1, -0.05) is 57.6 Å². The standard InChI is InChI=1S/C23H31N3O3/c1-3-4-5-6-7-8-9-12-22(27)26-25-18(2)19-13-15-20(16-14-19)24-23(28)21-11-10-17-29-21/h10-11,13-17H,3-9,12H2,1-2H3,(H,24,28)(H,26,27)/b25-18+. The first-order valence-electron chi connectivity index (χ1n) is 10.4. The molecule has 0 saturated heterocycles. The Kier molecular flexibility index (Phi) is 9.69. The van der Waals surface area contributed by atoms with Crippen LogP contribution in [0.1, 0.15) is 81.3 Å². The number of nitrogens with zero attached hydrogens (tertiary/aromatic N) is 1. The highest BCUT2D eigenvalue weighted by Crippen LogP contribution is 2.13. The molecule has 0 aliphatic heterocycles. The molecule has 1 aromatic heterocycles. The predicted octanol–water partition coefficient (Wildman–Crippen LogP) is 5.51. The lowest BCUT2D eigenvalue weighted by molar-refractivity contribution is -0.121. The van der Waals surface area contributed by atoms with Gasteiger partial charge in [-0.05, 0) is 43.2 Å². The largest absolute Gasteiger partial charge is 0.459 e. The minimum absolute atomic E-state index is 0.0553. The van der Waals surface area contributed by atoms with Gasteiger partial charge in [-0.3, -0.25) is 9.59 Å². The van der Waals surface area contributed by atoms with Gasteiger partial charge < -0.3 is 9.73 Å². The van der Waals surface area contributed by atoms with Crippen molar-refractivity contribution in [3.63, 3.8) is 0 Å². The fourth-order valence-electron chi connectivity index (χ4n) is 2.90. The first-order chi connectivity index (χ1) is 14.1. The number of nitrogens with one attached hydrogen (secondary N) is 2. The summed E-state index contributed by atoms with van der Waals surface area (Å²) in [6, 6.07) is 10.5. The second kappa shape index (κ2) is 12.5. The van der Waals surface area contributed by atoms with Crippen molar-refractivity contribution in [1.82, 2.24) is 5.43 Å². The summed E-state index contributed by atoms with van der Waals surface area (Å²) < 4.78 is 5.07. The number of carbonyl (C=O) groups is 2. The number of rotatable bonds is 12. The number of hydrogen-bond donors (Lipinski definition) is 2. The number of hydrogen-bond acceptors (Lipinski definition) is 4. The zero-order chi connectivity index (χ0) is 20.9. The maximum atomic E-state index is 12.0. The minimum atomic E-state index is -0.300. The van der Waals surface area contributed by atoms with Crippen LogP contribution in [0, 0.1) is 0 Å². The van der Waals surface area contributed by atoms with Crippen LogP contribution in [0.5, 0.6) is 0 Å². The fourth-order valence-corrected chi connectivity index (χ4v) is 2.90. The SMILES string of the molecule is CCCCCCCCCC(=O)N/N=C(\C)c1ccc(NC(=O)c2ccco2)cc1. The average molecular weight is 398 g/mol. The maximum absolute atomic E-state index is 12.0. The van der Waals surface area contributed by atoms with Gasteiger partial charge in [-0.25, -0.2) is 5.43 Å². The lowest BCUT2D eigenvalue weighted by Crippen LogP contribution is -2.18. The Morgan fingerprint density at radius 2 is 1.66 bits per heavy atom. The summed E-state index contributed by atoms with van der Waals surface area (Å²) >= 11 is 0. The van der Waals surface area contributed by atoms with Crippen molar-refractivity contribution < 1.29 is 14.0 Å². The molecule has 0 spiro atoms. The number of hydrazone groups is 1. The quantitative estimate of drug-likeness (QED) is 0.281. The summed E-state index contributed by atoms with van der Waals surface area (Å²) in [7, 11) is 0. The van der Waals surface area contributed by atoms with Gasteiger partial charge in [0.15, 0.2) is 5.76 Å². The Morgan fingerprint density at radius 1 is 0.966 bits per heavy atom. The third-order valence-corrected chi connectivity index (χ3v) is 4.66. The van der Waals surface area contributed by atoms with Crippen LogP contribution in [0.3, 0.4) is 0 Å². The molecule has 0 atom stereocenters. The molecule has 1 aromatic carbocycles. The predicted molar refractivity (Wildman–Crippen MR) is 116 cm³/mol. The Bertz CT molecular complexity index is 780. The number of furan rings is 1. The molecule has 29 heavy (non-hydrogen) atoms. The Labute approximate surface area is 172 Å². The molecule has 0 fully saturated rings. The van der Waals surface area contributed by atoms with E-state index >= 15 is 0 Å². The van der Waals surface area contributed by atoms with Crippen molar-refractivity contribution in [1.29, 1.82) is 0 Å². The van der Waals surface area contributed by atoms with Crippen LogP contribution in [-0.2, 0) is 4.79 Å². The second-order valence-corrected chi connectivity index (χ2v) is 7.11. The Morgan fingerprint density at radius 3 is 2.31 bits per heavy atom. The van der Waals surface area contributed by atoms with Crippen molar-refractivity contribution in [2.45, 2.75) is 65.2 Å². The number of amides is 2. The van der Waals surface area contributed by atoms with E-state index in [2.05, 4.69) is 22.8 Å². The maximum Gasteiger partial charge on any atom is 0.291 e. The van der Waals surface area contributed by atoms with E-state index in [1.54, 1.807) is 24.3 Å². The molecule has 6 nitrogen and oxygen atoms in total. The topological polar surface area (TPSA) is 83.7 Å². The molecule has 0 bridgehead atoms. The molecule has 1 heterocycles. The smallest absolute Gasteiger partial charge is 0.291 e. The number of benzene rings is 1. The summed E-state index contributed by atoms with van der Waals surface area (Å²) in [5.41, 5.74) is 4.87. The minimum Gasteiger partial charge on any atom is -0.459 e. The molecule has 2 aromatic rings. The van der Waals surface area contributed by atoms with Crippen molar-refractivity contribution in [2.24, 2.45) is 5.10 Å². The summed E-state index contributed by atoms with van der Waals surface area (Å²) in [6.07, 6.45) is 10.2. The molecule has 2 rings (SSSR count). The highest BCUT2D eigenvalue weighted by Gasteiger charge is 2.08. The van der Waals surface area contributed by atoms with Gasteiger partial charge in [0.2, 0.25) is 5.91 Å². The van der Waals surface area contributed by atoms with E-state index in [0.29, 0.717) is 17.8 Å². The first-order valence-corrected chi connectivity index (χ1v) is 10.4. The van der Waals surface area contributed by atoms with Crippen LogP contribution in [0.2, 0.25) is 0 Å². The van der Waals surface area contributed by atoms with Crippen LogP contribution in [0.15, 0.2) is 52.2 Å². The highest BCUT2D eigenvalue weighted by atomic mass is 16.3. The normalized spacial score (nSPS) is 11.3. The third-order valence-electron chi connectivity index (χ3n) is 4.66.